The Balaban J connectivity index is 2.06. The van der Waals surface area contributed by atoms with Crippen LogP contribution in [0.4, 0.5) is 10.1 Å². The van der Waals surface area contributed by atoms with Gasteiger partial charge >= 0.3 is 0 Å². The molecule has 0 aliphatic heterocycles. The largest absolute Gasteiger partial charge is 0.491 e. The molecule has 30 heavy (non-hydrogen) atoms. The van der Waals surface area contributed by atoms with Gasteiger partial charge in [0.25, 0.3) is 5.91 Å². The first-order valence-electron chi connectivity index (χ1n) is 10.1. The van der Waals surface area contributed by atoms with Crippen LogP contribution in [0, 0.1) is 5.82 Å². The lowest BCUT2D eigenvalue weighted by atomic mass is 10.0. The Hall–Kier alpha value is -3.06. The van der Waals surface area contributed by atoms with Crippen LogP contribution in [-0.2, 0) is 4.74 Å². The molecule has 0 aliphatic carbocycles. The molecule has 3 rings (SSSR count). The van der Waals surface area contributed by atoms with E-state index in [9.17, 15) is 9.18 Å². The first-order chi connectivity index (χ1) is 14.6. The van der Waals surface area contributed by atoms with E-state index in [4.69, 9.17) is 13.9 Å². The number of hydrogen-bond donors (Lipinski definition) is 2. The molecular weight excluding hydrogens is 387 g/mol. The second kappa shape index (κ2) is 10.1. The SMILES string of the molecule is CCNc1cc2oc(-c3ccc(F)cc3)c(C(=O)NC)c2cc1OCCCOCC. The average Bonchev–Trinajstić information content (AvgIpc) is 3.12. The summed E-state index contributed by atoms with van der Waals surface area (Å²) in [5, 5.41) is 6.57. The molecule has 7 heteroatoms. The van der Waals surface area contributed by atoms with Crippen molar-refractivity contribution in [3.05, 3.63) is 47.8 Å². The maximum atomic E-state index is 13.4. The van der Waals surface area contributed by atoms with E-state index in [-0.39, 0.29) is 11.7 Å². The summed E-state index contributed by atoms with van der Waals surface area (Å²) in [5.41, 5.74) is 2.34. The smallest absolute Gasteiger partial charge is 0.255 e. The number of ether oxygens (including phenoxy) is 2. The Morgan fingerprint density at radius 2 is 1.90 bits per heavy atom. The monoisotopic (exact) mass is 414 g/mol. The van der Waals surface area contributed by atoms with E-state index >= 15 is 0 Å². The zero-order valence-corrected chi connectivity index (χ0v) is 17.5. The second-order valence-corrected chi connectivity index (χ2v) is 6.67. The van der Waals surface area contributed by atoms with E-state index in [2.05, 4.69) is 10.6 Å². The number of rotatable bonds is 10. The number of carbonyl (C=O) groups excluding carboxylic acids is 1. The number of hydrogen-bond acceptors (Lipinski definition) is 5. The molecule has 0 radical (unpaired) electrons. The van der Waals surface area contributed by atoms with Crippen LogP contribution in [0.5, 0.6) is 5.75 Å². The molecule has 160 valence electrons. The quantitative estimate of drug-likeness (QED) is 0.465. The van der Waals surface area contributed by atoms with Crippen LogP contribution in [-0.4, -0.2) is 39.3 Å². The van der Waals surface area contributed by atoms with Gasteiger partial charge in [0.15, 0.2) is 0 Å². The summed E-state index contributed by atoms with van der Waals surface area (Å²) in [6.07, 6.45) is 0.756. The predicted octanol–water partition coefficient (Wildman–Crippen LogP) is 4.84. The molecule has 0 atom stereocenters. The summed E-state index contributed by atoms with van der Waals surface area (Å²) < 4.78 is 30.8. The number of nitrogens with one attached hydrogen (secondary N) is 2. The van der Waals surface area contributed by atoms with Crippen LogP contribution in [0.2, 0.25) is 0 Å². The van der Waals surface area contributed by atoms with Gasteiger partial charge < -0.3 is 24.5 Å². The third kappa shape index (κ3) is 4.74. The molecule has 1 amide bonds. The first-order valence-corrected chi connectivity index (χ1v) is 10.1. The van der Waals surface area contributed by atoms with Crippen molar-refractivity contribution in [1.82, 2.24) is 5.32 Å². The van der Waals surface area contributed by atoms with Gasteiger partial charge in [-0.15, -0.1) is 0 Å². The third-order valence-electron chi connectivity index (χ3n) is 4.61. The summed E-state index contributed by atoms with van der Waals surface area (Å²) in [6.45, 7) is 6.43. The fourth-order valence-electron chi connectivity index (χ4n) is 3.21. The van der Waals surface area contributed by atoms with Gasteiger partial charge in [-0.2, -0.15) is 0 Å². The molecule has 2 aromatic carbocycles. The highest BCUT2D eigenvalue weighted by atomic mass is 19.1. The van der Waals surface area contributed by atoms with Crippen molar-refractivity contribution in [1.29, 1.82) is 0 Å². The molecule has 0 aliphatic rings. The predicted molar refractivity (Wildman–Crippen MR) is 116 cm³/mol. The van der Waals surface area contributed by atoms with Crippen LogP contribution in [0.3, 0.4) is 0 Å². The lowest BCUT2D eigenvalue weighted by Crippen LogP contribution is -2.18. The summed E-state index contributed by atoms with van der Waals surface area (Å²) in [7, 11) is 1.56. The third-order valence-corrected chi connectivity index (χ3v) is 4.61. The van der Waals surface area contributed by atoms with Crippen molar-refractivity contribution in [2.45, 2.75) is 20.3 Å². The molecule has 2 N–H and O–H groups in total. The Morgan fingerprint density at radius 3 is 2.57 bits per heavy atom. The standard InChI is InChI=1S/C23H27FN2O4/c1-4-26-18-14-19-17(13-20(18)29-12-6-11-28-5-2)21(23(27)25-3)22(30-19)15-7-9-16(24)10-8-15/h7-10,13-14,26H,4-6,11-12H2,1-3H3,(H,25,27). The Morgan fingerprint density at radius 1 is 1.13 bits per heavy atom. The van der Waals surface area contributed by atoms with Crippen LogP contribution < -0.4 is 15.4 Å². The normalized spacial score (nSPS) is 10.9. The number of furan rings is 1. The number of anilines is 1. The lowest BCUT2D eigenvalue weighted by Gasteiger charge is -2.13. The van der Waals surface area contributed by atoms with Crippen LogP contribution in [0.1, 0.15) is 30.6 Å². The minimum atomic E-state index is -0.353. The number of carbonyl (C=O) groups is 1. The van der Waals surface area contributed by atoms with Gasteiger partial charge in [-0.25, -0.2) is 4.39 Å². The van der Waals surface area contributed by atoms with Crippen LogP contribution >= 0.6 is 0 Å². The average molecular weight is 414 g/mol. The van der Waals surface area contributed by atoms with Crippen LogP contribution in [0.15, 0.2) is 40.8 Å². The zero-order valence-electron chi connectivity index (χ0n) is 17.5. The van der Waals surface area contributed by atoms with Crippen molar-refractivity contribution in [2.75, 3.05) is 38.7 Å². The second-order valence-electron chi connectivity index (χ2n) is 6.67. The minimum Gasteiger partial charge on any atom is -0.491 e. The van der Waals surface area contributed by atoms with Crippen molar-refractivity contribution in [2.24, 2.45) is 0 Å². The highest BCUT2D eigenvalue weighted by Crippen LogP contribution is 2.39. The van der Waals surface area contributed by atoms with E-state index in [1.807, 2.05) is 26.0 Å². The molecular formula is C23H27FN2O4. The molecule has 3 aromatic rings. The number of amides is 1. The Kier molecular flexibility index (Phi) is 7.30. The summed E-state index contributed by atoms with van der Waals surface area (Å²) in [4.78, 5) is 12.7. The van der Waals surface area contributed by atoms with E-state index in [1.54, 1.807) is 19.2 Å². The van der Waals surface area contributed by atoms with E-state index < -0.39 is 0 Å². The molecule has 0 spiro atoms. The van der Waals surface area contributed by atoms with Gasteiger partial charge in [0.2, 0.25) is 0 Å². The van der Waals surface area contributed by atoms with E-state index in [1.165, 1.54) is 12.1 Å². The summed E-state index contributed by atoms with van der Waals surface area (Å²) in [6, 6.07) is 9.51. The van der Waals surface area contributed by atoms with E-state index in [0.717, 1.165) is 12.1 Å². The van der Waals surface area contributed by atoms with Gasteiger partial charge in [0, 0.05) is 50.2 Å². The molecule has 1 aromatic heterocycles. The topological polar surface area (TPSA) is 72.7 Å². The Labute approximate surface area is 175 Å². The highest BCUT2D eigenvalue weighted by Gasteiger charge is 2.23. The van der Waals surface area contributed by atoms with Gasteiger partial charge in [-0.1, -0.05) is 0 Å². The number of halogens is 1. The van der Waals surface area contributed by atoms with Crippen molar-refractivity contribution in [3.63, 3.8) is 0 Å². The highest BCUT2D eigenvalue weighted by molar-refractivity contribution is 6.12. The maximum Gasteiger partial charge on any atom is 0.255 e. The molecule has 0 unspecified atom stereocenters. The fraction of sp³-hybridized carbons (Fsp3) is 0.348. The van der Waals surface area contributed by atoms with Crippen LogP contribution in [0.25, 0.3) is 22.3 Å². The van der Waals surface area contributed by atoms with Gasteiger partial charge in [0.05, 0.1) is 17.9 Å². The summed E-state index contributed by atoms with van der Waals surface area (Å²) in [5.74, 6) is 0.387. The molecule has 0 bridgehead atoms. The molecule has 0 fully saturated rings. The maximum absolute atomic E-state index is 13.4. The molecule has 1 heterocycles. The molecule has 0 saturated carbocycles. The first kappa shape index (κ1) is 21.6. The molecule has 0 saturated heterocycles. The van der Waals surface area contributed by atoms with Crippen molar-refractivity contribution >= 4 is 22.6 Å². The van der Waals surface area contributed by atoms with Crippen molar-refractivity contribution in [3.8, 4) is 17.1 Å². The van der Waals surface area contributed by atoms with E-state index in [0.29, 0.717) is 60.0 Å². The fourth-order valence-corrected chi connectivity index (χ4v) is 3.21. The summed E-state index contributed by atoms with van der Waals surface area (Å²) >= 11 is 0. The van der Waals surface area contributed by atoms with Gasteiger partial charge in [0.1, 0.15) is 22.9 Å². The van der Waals surface area contributed by atoms with Gasteiger partial charge in [-0.05, 0) is 44.2 Å². The zero-order chi connectivity index (χ0) is 21.5. The van der Waals surface area contributed by atoms with Gasteiger partial charge in [-0.3, -0.25) is 4.79 Å². The number of fused-ring (bicyclic) bond motifs is 1. The number of benzene rings is 2. The minimum absolute atomic E-state index is 0.286. The molecule has 6 nitrogen and oxygen atoms in total. The Bertz CT molecular complexity index is 999. The lowest BCUT2D eigenvalue weighted by molar-refractivity contribution is 0.0964. The van der Waals surface area contributed by atoms with Crippen molar-refractivity contribution < 1.29 is 23.1 Å².